The highest BCUT2D eigenvalue weighted by atomic mass is 15.0. The minimum absolute atomic E-state index is 0.461. The molecule has 2 aromatic heterocycles. The molecule has 0 aliphatic heterocycles. The van der Waals surface area contributed by atoms with Crippen molar-refractivity contribution < 1.29 is 0 Å². The van der Waals surface area contributed by atoms with Gasteiger partial charge in [-0.25, -0.2) is 15.0 Å². The summed E-state index contributed by atoms with van der Waals surface area (Å²) in [5.74, 6) is 1.94. The van der Waals surface area contributed by atoms with Crippen LogP contribution in [0.4, 0.5) is 0 Å². The van der Waals surface area contributed by atoms with E-state index in [9.17, 15) is 0 Å². The van der Waals surface area contributed by atoms with Crippen LogP contribution in [0.3, 0.4) is 0 Å². The van der Waals surface area contributed by atoms with Gasteiger partial charge in [0.2, 0.25) is 0 Å². The Morgan fingerprint density at radius 2 is 1.02 bits per heavy atom. The number of pyridine rings is 1. The Balaban J connectivity index is 1.23. The third kappa shape index (κ3) is 5.23. The van der Waals surface area contributed by atoms with Crippen molar-refractivity contribution in [1.29, 1.82) is 0 Å². The molecule has 2 aliphatic rings. The van der Waals surface area contributed by atoms with Crippen LogP contribution < -0.4 is 0 Å². The molecule has 0 unspecified atom stereocenters. The minimum Gasteiger partial charge on any atom is -0.258 e. The van der Waals surface area contributed by atoms with Crippen molar-refractivity contribution in [2.75, 3.05) is 0 Å². The molecule has 9 rings (SSSR count). The second-order valence-electron chi connectivity index (χ2n) is 13.4. The average Bonchev–Trinajstić information content (AvgIpc) is 3.49. The lowest BCUT2D eigenvalue weighted by Gasteiger charge is -2.35. The van der Waals surface area contributed by atoms with Gasteiger partial charge in [0.1, 0.15) is 0 Å². The van der Waals surface area contributed by atoms with Crippen LogP contribution in [0.15, 0.2) is 163 Å². The molecule has 0 saturated carbocycles. The molecule has 244 valence electrons. The smallest absolute Gasteiger partial charge is 0.164 e. The van der Waals surface area contributed by atoms with Gasteiger partial charge in [-0.05, 0) is 77.8 Å². The molecule has 0 N–H and O–H groups in total. The van der Waals surface area contributed by atoms with Crippen molar-refractivity contribution in [3.63, 3.8) is 0 Å². The fourth-order valence-electron chi connectivity index (χ4n) is 8.00. The van der Waals surface area contributed by atoms with Crippen molar-refractivity contribution in [2.24, 2.45) is 0 Å². The van der Waals surface area contributed by atoms with Crippen LogP contribution in [0.2, 0.25) is 0 Å². The number of fused-ring (bicyclic) bond motifs is 2. The van der Waals surface area contributed by atoms with E-state index in [1.54, 1.807) is 0 Å². The van der Waals surface area contributed by atoms with Gasteiger partial charge < -0.3 is 0 Å². The maximum atomic E-state index is 5.18. The van der Waals surface area contributed by atoms with E-state index in [0.29, 0.717) is 17.5 Å². The van der Waals surface area contributed by atoms with Crippen LogP contribution in [-0.2, 0) is 5.41 Å². The van der Waals surface area contributed by atoms with Gasteiger partial charge >= 0.3 is 0 Å². The Morgan fingerprint density at radius 1 is 0.490 bits per heavy atom. The van der Waals surface area contributed by atoms with E-state index in [4.69, 9.17) is 15.0 Å². The molecule has 51 heavy (non-hydrogen) atoms. The summed E-state index contributed by atoms with van der Waals surface area (Å²) in [6.45, 7) is 4.08. The molecule has 0 amide bonds. The number of nitrogens with zero attached hydrogens (tertiary/aromatic N) is 4. The largest absolute Gasteiger partial charge is 0.258 e. The molecule has 5 aromatic carbocycles. The summed E-state index contributed by atoms with van der Waals surface area (Å²) >= 11 is 0. The van der Waals surface area contributed by atoms with Crippen LogP contribution in [0, 0.1) is 13.8 Å². The fourth-order valence-corrected chi connectivity index (χ4v) is 8.00. The summed E-state index contributed by atoms with van der Waals surface area (Å²) in [5, 5.41) is 0. The molecular weight excluding hydrogens is 621 g/mol. The van der Waals surface area contributed by atoms with Gasteiger partial charge in [-0.1, -0.05) is 146 Å². The average molecular weight is 657 g/mol. The molecule has 0 atom stereocenters. The van der Waals surface area contributed by atoms with Crippen LogP contribution >= 0.6 is 0 Å². The fraction of sp³-hybridized carbons (Fsp3) is 0.106. The molecule has 4 heteroatoms. The molecule has 0 saturated heterocycles. The highest BCUT2D eigenvalue weighted by Crippen LogP contribution is 2.57. The minimum atomic E-state index is -0.461. The molecule has 0 fully saturated rings. The van der Waals surface area contributed by atoms with Gasteiger partial charge in [-0.15, -0.1) is 0 Å². The number of aryl methyl sites for hydroxylation is 2. The molecule has 0 bridgehead atoms. The second-order valence-corrected chi connectivity index (χ2v) is 13.4. The van der Waals surface area contributed by atoms with Crippen LogP contribution in [-0.4, -0.2) is 19.9 Å². The number of hydrogen-bond acceptors (Lipinski definition) is 4. The quantitative estimate of drug-likeness (QED) is 0.179. The lowest BCUT2D eigenvalue weighted by Crippen LogP contribution is -2.29. The molecule has 2 heterocycles. The monoisotopic (exact) mass is 656 g/mol. The first-order chi connectivity index (χ1) is 25.1. The zero-order valence-electron chi connectivity index (χ0n) is 28.7. The summed E-state index contributed by atoms with van der Waals surface area (Å²) in [4.78, 5) is 20.0. The Bertz CT molecular complexity index is 2420. The standard InChI is InChI=1S/C47H36N4/c1-31-22-28-39(32(2)48-31)33-23-25-35(26-24-33)45-49-44(34-14-6-3-7-15-34)50-46(51-45)36-27-29-41-40-20-12-13-21-42(40)47(43(41)30-36,37-16-8-4-9-17-37)38-18-10-5-11-19-38/h3-11,13-19,21-30H,12,20H2,1-2H3. The summed E-state index contributed by atoms with van der Waals surface area (Å²) in [5.41, 5.74) is 14.5. The molecule has 4 nitrogen and oxygen atoms in total. The van der Waals surface area contributed by atoms with E-state index in [1.807, 2.05) is 25.1 Å². The molecule has 0 radical (unpaired) electrons. The second kappa shape index (κ2) is 12.6. The molecule has 7 aromatic rings. The van der Waals surface area contributed by atoms with Crippen molar-refractivity contribution in [2.45, 2.75) is 32.1 Å². The first-order valence-electron chi connectivity index (χ1n) is 17.6. The Labute approximate surface area is 299 Å². The number of benzene rings is 5. The van der Waals surface area contributed by atoms with E-state index in [1.165, 1.54) is 33.4 Å². The first kappa shape index (κ1) is 30.8. The van der Waals surface area contributed by atoms with Crippen LogP contribution in [0.5, 0.6) is 0 Å². The van der Waals surface area contributed by atoms with E-state index in [0.717, 1.165) is 52.0 Å². The number of rotatable bonds is 6. The summed E-state index contributed by atoms with van der Waals surface area (Å²) in [7, 11) is 0. The van der Waals surface area contributed by atoms with Gasteiger partial charge in [-0.3, -0.25) is 4.98 Å². The third-order valence-corrected chi connectivity index (χ3v) is 10.3. The number of aromatic nitrogens is 4. The van der Waals surface area contributed by atoms with Crippen molar-refractivity contribution in [3.8, 4) is 45.3 Å². The van der Waals surface area contributed by atoms with Crippen LogP contribution in [0.25, 0.3) is 50.9 Å². The van der Waals surface area contributed by atoms with Gasteiger partial charge in [-0.2, -0.15) is 0 Å². The predicted octanol–water partition coefficient (Wildman–Crippen LogP) is 11.0. The van der Waals surface area contributed by atoms with Gasteiger partial charge in [0.05, 0.1) is 5.41 Å². The predicted molar refractivity (Wildman–Crippen MR) is 207 cm³/mol. The molecule has 0 spiro atoms. The summed E-state index contributed by atoms with van der Waals surface area (Å²) < 4.78 is 0. The highest BCUT2D eigenvalue weighted by molar-refractivity contribution is 5.89. The topological polar surface area (TPSA) is 51.6 Å². The van der Waals surface area contributed by atoms with Crippen molar-refractivity contribution in [1.82, 2.24) is 19.9 Å². The van der Waals surface area contributed by atoms with E-state index < -0.39 is 5.41 Å². The van der Waals surface area contributed by atoms with Gasteiger partial charge in [0.15, 0.2) is 17.5 Å². The zero-order valence-corrected chi connectivity index (χ0v) is 28.7. The lowest BCUT2D eigenvalue weighted by atomic mass is 9.66. The number of allylic oxidation sites excluding steroid dienone is 4. The van der Waals surface area contributed by atoms with E-state index in [-0.39, 0.29) is 0 Å². The zero-order chi connectivity index (χ0) is 34.4. The molecular formula is C47H36N4. The third-order valence-electron chi connectivity index (χ3n) is 10.3. The van der Waals surface area contributed by atoms with Gasteiger partial charge in [0.25, 0.3) is 0 Å². The van der Waals surface area contributed by atoms with Crippen molar-refractivity contribution in [3.05, 3.63) is 197 Å². The van der Waals surface area contributed by atoms with E-state index in [2.05, 4.69) is 151 Å². The first-order valence-corrected chi connectivity index (χ1v) is 17.6. The van der Waals surface area contributed by atoms with Gasteiger partial charge in [0, 0.05) is 33.6 Å². The summed E-state index contributed by atoms with van der Waals surface area (Å²) in [6.07, 6.45) is 6.75. The SMILES string of the molecule is Cc1ccc(-c2ccc(-c3nc(-c4ccccc4)nc(-c4ccc5c(c4)C(c4ccccc4)(c4ccccc4)C4=C5CCC=C4)n3)cc2)c(C)n1. The Kier molecular flexibility index (Phi) is 7.58. The Morgan fingerprint density at radius 3 is 1.65 bits per heavy atom. The number of hydrogen-bond donors (Lipinski definition) is 0. The van der Waals surface area contributed by atoms with E-state index >= 15 is 0 Å². The highest BCUT2D eigenvalue weighted by Gasteiger charge is 2.47. The maximum Gasteiger partial charge on any atom is 0.164 e. The lowest BCUT2D eigenvalue weighted by molar-refractivity contribution is 0.756. The van der Waals surface area contributed by atoms with Crippen LogP contribution in [0.1, 0.15) is 46.5 Å². The summed E-state index contributed by atoms with van der Waals surface area (Å²) in [6, 6.07) is 51.6. The normalized spacial score (nSPS) is 14.3. The van der Waals surface area contributed by atoms with Crippen molar-refractivity contribution >= 4 is 5.57 Å². The maximum absolute atomic E-state index is 5.18. The Hall–Kier alpha value is -6.26. The molecule has 2 aliphatic carbocycles.